The number of aromatic amines is 1. The molecule has 0 amide bonds. The van der Waals surface area contributed by atoms with Crippen LogP contribution in [0.5, 0.6) is 0 Å². The largest absolute Gasteiger partial charge is 0.374 e. The number of nitrogens with one attached hydrogen (secondary N) is 3. The number of anilines is 2. The second kappa shape index (κ2) is 10.7. The van der Waals surface area contributed by atoms with Crippen LogP contribution in [0.4, 0.5) is 11.4 Å². The summed E-state index contributed by atoms with van der Waals surface area (Å²) in [6.07, 6.45) is 11.6. The van der Waals surface area contributed by atoms with Crippen molar-refractivity contribution in [1.29, 1.82) is 0 Å². The number of aryl methyl sites for hydroxylation is 1. The maximum Gasteiger partial charge on any atom is 0.0433 e. The monoisotopic (exact) mass is 408 g/mol. The Labute approximate surface area is 183 Å². The summed E-state index contributed by atoms with van der Waals surface area (Å²) in [4.78, 5) is 5.91. The lowest BCUT2D eigenvalue weighted by molar-refractivity contribution is 0.577. The molecule has 0 saturated heterocycles. The van der Waals surface area contributed by atoms with Crippen molar-refractivity contribution in [3.05, 3.63) is 52.5 Å². The minimum Gasteiger partial charge on any atom is -0.374 e. The fraction of sp³-hybridized carbons (Fsp3) is 0.538. The maximum atomic E-state index is 3.69. The molecule has 0 spiro atoms. The summed E-state index contributed by atoms with van der Waals surface area (Å²) in [6, 6.07) is 6.83. The highest BCUT2D eigenvalue weighted by Crippen LogP contribution is 2.34. The zero-order chi connectivity index (χ0) is 21.5. The van der Waals surface area contributed by atoms with Crippen LogP contribution in [0.2, 0.25) is 0 Å². The molecule has 3 N–H and O–H groups in total. The molecule has 4 rings (SSSR count). The van der Waals surface area contributed by atoms with Crippen LogP contribution in [0, 0.1) is 0 Å². The molecule has 0 saturated carbocycles. The third kappa shape index (κ3) is 4.92. The molecule has 2 aliphatic rings. The fourth-order valence-electron chi connectivity index (χ4n) is 4.81. The normalized spacial score (nSPS) is 16.0. The Balaban J connectivity index is 0.00000124. The first-order valence-electron chi connectivity index (χ1n) is 11.9. The number of nitrogens with zero attached hydrogens (tertiary/aromatic N) is 1. The molecule has 2 heterocycles. The van der Waals surface area contributed by atoms with Gasteiger partial charge in [-0.25, -0.2) is 0 Å². The van der Waals surface area contributed by atoms with Crippen molar-refractivity contribution in [3.8, 4) is 0 Å². The average Bonchev–Trinajstić information content (AvgIpc) is 3.19. The molecule has 0 radical (unpaired) electrons. The molecule has 1 aliphatic heterocycles. The van der Waals surface area contributed by atoms with E-state index in [0.29, 0.717) is 5.92 Å². The molecule has 4 nitrogen and oxygen atoms in total. The van der Waals surface area contributed by atoms with E-state index in [4.69, 9.17) is 0 Å². The summed E-state index contributed by atoms with van der Waals surface area (Å²) >= 11 is 0. The predicted molar refractivity (Wildman–Crippen MR) is 132 cm³/mol. The van der Waals surface area contributed by atoms with Crippen LogP contribution in [0.15, 0.2) is 30.1 Å². The number of hydrogen-bond acceptors (Lipinski definition) is 3. The van der Waals surface area contributed by atoms with Gasteiger partial charge < -0.3 is 20.5 Å². The summed E-state index contributed by atoms with van der Waals surface area (Å²) in [5.41, 5.74) is 9.74. The Bertz CT molecular complexity index is 849. The van der Waals surface area contributed by atoms with Gasteiger partial charge in [0.25, 0.3) is 0 Å². The van der Waals surface area contributed by atoms with Gasteiger partial charge in [-0.1, -0.05) is 20.8 Å². The van der Waals surface area contributed by atoms with Crippen LogP contribution in [-0.2, 0) is 12.8 Å². The average molecular weight is 409 g/mol. The summed E-state index contributed by atoms with van der Waals surface area (Å²) in [5.74, 6) is 0.646. The summed E-state index contributed by atoms with van der Waals surface area (Å²) in [6.45, 7) is 8.55. The first-order chi connectivity index (χ1) is 14.7. The van der Waals surface area contributed by atoms with E-state index in [1.54, 1.807) is 0 Å². The standard InChI is InChI=1S/C24H34N4.C2H6/c1-4-17(11-12-25-2)22-16-26-23-15-20(7-9-21(22)23)27-19-8-10-24-18(14-19)6-5-13-28(24)3;1-2/h8,10,14-17,25-27H,4-7,9,11-13H2,1-3H3;1-2H3. The van der Waals surface area contributed by atoms with Crippen LogP contribution >= 0.6 is 0 Å². The van der Waals surface area contributed by atoms with Gasteiger partial charge in [-0.15, -0.1) is 0 Å². The number of hydrogen-bond donors (Lipinski definition) is 3. The minimum atomic E-state index is 0.646. The Kier molecular flexibility index (Phi) is 8.03. The van der Waals surface area contributed by atoms with Crippen molar-refractivity contribution in [1.82, 2.24) is 10.3 Å². The van der Waals surface area contributed by atoms with Crippen molar-refractivity contribution in [3.63, 3.8) is 0 Å². The van der Waals surface area contributed by atoms with Crippen molar-refractivity contribution in [2.75, 3.05) is 37.4 Å². The number of rotatable bonds is 7. The highest BCUT2D eigenvalue weighted by molar-refractivity contribution is 5.67. The number of fused-ring (bicyclic) bond motifs is 2. The third-order valence-corrected chi connectivity index (χ3v) is 6.43. The topological polar surface area (TPSA) is 43.1 Å². The minimum absolute atomic E-state index is 0.646. The third-order valence-electron chi connectivity index (χ3n) is 6.43. The van der Waals surface area contributed by atoms with E-state index >= 15 is 0 Å². The molecule has 0 fully saturated rings. The highest BCUT2D eigenvalue weighted by atomic mass is 15.1. The molecule has 1 atom stereocenters. The molecular formula is C26H40N4. The van der Waals surface area contributed by atoms with Crippen molar-refractivity contribution in [2.45, 2.75) is 65.2 Å². The molecule has 164 valence electrons. The Morgan fingerprint density at radius 2 is 2.00 bits per heavy atom. The predicted octanol–water partition coefficient (Wildman–Crippen LogP) is 5.93. The van der Waals surface area contributed by atoms with E-state index in [0.717, 1.165) is 25.9 Å². The number of benzene rings is 1. The fourth-order valence-corrected chi connectivity index (χ4v) is 4.81. The molecule has 2 aromatic rings. The summed E-state index contributed by atoms with van der Waals surface area (Å²) < 4.78 is 0. The van der Waals surface area contributed by atoms with Crippen LogP contribution < -0.4 is 15.5 Å². The van der Waals surface area contributed by atoms with Gasteiger partial charge in [0, 0.05) is 42.6 Å². The van der Waals surface area contributed by atoms with Gasteiger partial charge in [-0.2, -0.15) is 0 Å². The van der Waals surface area contributed by atoms with Crippen LogP contribution in [0.3, 0.4) is 0 Å². The van der Waals surface area contributed by atoms with Gasteiger partial charge in [0.15, 0.2) is 0 Å². The quantitative estimate of drug-likeness (QED) is 0.532. The van der Waals surface area contributed by atoms with Crippen molar-refractivity contribution in [2.24, 2.45) is 0 Å². The smallest absolute Gasteiger partial charge is 0.0433 e. The number of H-pyrrole nitrogens is 1. The second-order valence-corrected chi connectivity index (χ2v) is 8.30. The van der Waals surface area contributed by atoms with Crippen LogP contribution in [0.1, 0.15) is 74.8 Å². The van der Waals surface area contributed by atoms with Gasteiger partial charge >= 0.3 is 0 Å². The lowest BCUT2D eigenvalue weighted by Crippen LogP contribution is -2.24. The molecule has 1 aliphatic carbocycles. The molecule has 1 aromatic carbocycles. The molecular weight excluding hydrogens is 368 g/mol. The SMILES string of the molecule is CC.CCC(CCNC)c1c[nH]c2c1CCC(Nc1ccc3c(c1)CCCN3C)=C2. The van der Waals surface area contributed by atoms with Crippen LogP contribution in [0.25, 0.3) is 6.08 Å². The molecule has 4 heteroatoms. The zero-order valence-corrected chi connectivity index (χ0v) is 19.6. The molecule has 0 bridgehead atoms. The van der Waals surface area contributed by atoms with E-state index in [1.807, 2.05) is 20.9 Å². The maximum absolute atomic E-state index is 3.69. The lowest BCUT2D eigenvalue weighted by atomic mass is 9.88. The Morgan fingerprint density at radius 3 is 2.77 bits per heavy atom. The Hall–Kier alpha value is -2.20. The Morgan fingerprint density at radius 1 is 1.17 bits per heavy atom. The van der Waals surface area contributed by atoms with E-state index in [-0.39, 0.29) is 0 Å². The van der Waals surface area contributed by atoms with E-state index in [2.05, 4.69) is 65.0 Å². The number of aromatic nitrogens is 1. The van der Waals surface area contributed by atoms with Gasteiger partial charge in [0.05, 0.1) is 0 Å². The van der Waals surface area contributed by atoms with Crippen molar-refractivity contribution >= 4 is 17.5 Å². The lowest BCUT2D eigenvalue weighted by Gasteiger charge is -2.28. The van der Waals surface area contributed by atoms with E-state index < -0.39 is 0 Å². The second-order valence-electron chi connectivity index (χ2n) is 8.30. The highest BCUT2D eigenvalue weighted by Gasteiger charge is 2.21. The van der Waals surface area contributed by atoms with Crippen molar-refractivity contribution < 1.29 is 0 Å². The summed E-state index contributed by atoms with van der Waals surface area (Å²) in [7, 11) is 4.23. The molecule has 30 heavy (non-hydrogen) atoms. The van der Waals surface area contributed by atoms with Gasteiger partial charge in [0.2, 0.25) is 0 Å². The van der Waals surface area contributed by atoms with Gasteiger partial charge in [-0.3, -0.25) is 0 Å². The zero-order valence-electron chi connectivity index (χ0n) is 19.6. The van der Waals surface area contributed by atoms with E-state index in [9.17, 15) is 0 Å². The molecule has 1 aromatic heterocycles. The number of allylic oxidation sites excluding steroid dienone is 1. The van der Waals surface area contributed by atoms with E-state index in [1.165, 1.54) is 65.1 Å². The molecule has 1 unspecified atom stereocenters. The summed E-state index contributed by atoms with van der Waals surface area (Å²) in [5, 5.41) is 6.98. The first kappa shape index (κ1) is 22.5. The van der Waals surface area contributed by atoms with Gasteiger partial charge in [-0.05, 0) is 99.0 Å². The van der Waals surface area contributed by atoms with Crippen LogP contribution in [-0.4, -0.2) is 32.2 Å². The first-order valence-corrected chi connectivity index (χ1v) is 11.9. The van der Waals surface area contributed by atoms with Gasteiger partial charge in [0.1, 0.15) is 0 Å².